The van der Waals surface area contributed by atoms with E-state index in [9.17, 15) is 4.39 Å². The van der Waals surface area contributed by atoms with Crippen molar-refractivity contribution >= 4 is 5.69 Å². The molecule has 21 heavy (non-hydrogen) atoms. The number of nitrogens with one attached hydrogen (secondary N) is 1. The molecule has 1 nitrogen and oxygen atoms in total. The summed E-state index contributed by atoms with van der Waals surface area (Å²) in [6.07, 6.45) is 0.935. The van der Waals surface area contributed by atoms with Crippen LogP contribution in [-0.4, -0.2) is 6.04 Å². The van der Waals surface area contributed by atoms with Gasteiger partial charge >= 0.3 is 0 Å². The van der Waals surface area contributed by atoms with E-state index in [2.05, 4.69) is 50.4 Å². The molecule has 0 heterocycles. The molecular formula is C19H24FN. The van der Waals surface area contributed by atoms with Crippen LogP contribution in [0.2, 0.25) is 0 Å². The van der Waals surface area contributed by atoms with Gasteiger partial charge in [-0.2, -0.15) is 0 Å². The summed E-state index contributed by atoms with van der Waals surface area (Å²) in [5.74, 6) is -0.190. The molecule has 2 aromatic rings. The molecule has 0 radical (unpaired) electrons. The largest absolute Gasteiger partial charge is 0.380 e. The summed E-state index contributed by atoms with van der Waals surface area (Å²) in [4.78, 5) is 0. The van der Waals surface area contributed by atoms with Crippen molar-refractivity contribution in [2.24, 2.45) is 0 Å². The van der Waals surface area contributed by atoms with Crippen LogP contribution >= 0.6 is 0 Å². The van der Waals surface area contributed by atoms with Crippen LogP contribution in [0.3, 0.4) is 0 Å². The van der Waals surface area contributed by atoms with Crippen molar-refractivity contribution in [1.82, 2.24) is 0 Å². The van der Waals surface area contributed by atoms with Crippen LogP contribution in [0.5, 0.6) is 0 Å². The summed E-state index contributed by atoms with van der Waals surface area (Å²) < 4.78 is 13.8. The predicted octanol–water partition coefficient (Wildman–Crippen LogP) is 5.30. The molecule has 2 rings (SSSR count). The second kappa shape index (κ2) is 6.30. The number of rotatable bonds is 5. The zero-order valence-corrected chi connectivity index (χ0v) is 13.3. The minimum Gasteiger partial charge on any atom is -0.380 e. The smallest absolute Gasteiger partial charge is 0.146 e. The number of anilines is 1. The molecule has 2 heteroatoms. The van der Waals surface area contributed by atoms with E-state index in [4.69, 9.17) is 0 Å². The lowest BCUT2D eigenvalue weighted by Crippen LogP contribution is -2.28. The Balaban J connectivity index is 2.07. The van der Waals surface area contributed by atoms with Gasteiger partial charge < -0.3 is 5.32 Å². The monoisotopic (exact) mass is 285 g/mol. The van der Waals surface area contributed by atoms with Crippen LogP contribution in [0.25, 0.3) is 0 Å². The molecule has 0 fully saturated rings. The summed E-state index contributed by atoms with van der Waals surface area (Å²) in [6.45, 7) is 8.54. The summed E-state index contributed by atoms with van der Waals surface area (Å²) in [6, 6.07) is 15.8. The Morgan fingerprint density at radius 3 is 2.43 bits per heavy atom. The van der Waals surface area contributed by atoms with Gasteiger partial charge in [-0.05, 0) is 48.9 Å². The van der Waals surface area contributed by atoms with E-state index < -0.39 is 0 Å². The van der Waals surface area contributed by atoms with Crippen LogP contribution in [-0.2, 0) is 5.41 Å². The normalized spacial score (nSPS) is 13.0. The van der Waals surface area contributed by atoms with Gasteiger partial charge in [0.25, 0.3) is 0 Å². The van der Waals surface area contributed by atoms with E-state index in [1.165, 1.54) is 11.6 Å². The maximum atomic E-state index is 13.8. The minimum atomic E-state index is -0.190. The number of aryl methyl sites for hydroxylation is 1. The van der Waals surface area contributed by atoms with Gasteiger partial charge in [0, 0.05) is 6.04 Å². The maximum absolute atomic E-state index is 13.8. The number of benzene rings is 2. The van der Waals surface area contributed by atoms with Crippen molar-refractivity contribution in [3.05, 3.63) is 65.5 Å². The summed E-state index contributed by atoms with van der Waals surface area (Å²) in [5, 5.41) is 3.30. The van der Waals surface area contributed by atoms with Gasteiger partial charge in [-0.3, -0.25) is 0 Å². The molecule has 1 unspecified atom stereocenters. The molecule has 0 bridgehead atoms. The van der Waals surface area contributed by atoms with Gasteiger partial charge in [0.15, 0.2) is 0 Å². The second-order valence-corrected chi connectivity index (χ2v) is 6.48. The first-order chi connectivity index (χ1) is 9.88. The fourth-order valence-corrected chi connectivity index (χ4v) is 2.84. The highest BCUT2D eigenvalue weighted by atomic mass is 19.1. The Morgan fingerprint density at radius 1 is 1.10 bits per heavy atom. The predicted molar refractivity (Wildman–Crippen MR) is 88.3 cm³/mol. The Hall–Kier alpha value is -1.83. The van der Waals surface area contributed by atoms with Crippen LogP contribution in [0.1, 0.15) is 38.3 Å². The molecule has 0 aliphatic rings. The molecule has 0 saturated heterocycles. The topological polar surface area (TPSA) is 12.0 Å². The molecule has 0 aliphatic carbocycles. The molecule has 1 atom stereocenters. The first kappa shape index (κ1) is 15.6. The van der Waals surface area contributed by atoms with Gasteiger partial charge in [0.2, 0.25) is 0 Å². The van der Waals surface area contributed by atoms with Crippen molar-refractivity contribution in [2.45, 2.75) is 45.6 Å². The molecule has 0 aliphatic heterocycles. The average molecular weight is 285 g/mol. The molecule has 0 aromatic heterocycles. The average Bonchev–Trinajstić information content (AvgIpc) is 2.43. The van der Waals surface area contributed by atoms with Gasteiger partial charge in [0.1, 0.15) is 5.82 Å². The van der Waals surface area contributed by atoms with Crippen LogP contribution < -0.4 is 5.32 Å². The van der Waals surface area contributed by atoms with E-state index in [-0.39, 0.29) is 17.3 Å². The van der Waals surface area contributed by atoms with Crippen molar-refractivity contribution in [3.63, 3.8) is 0 Å². The van der Waals surface area contributed by atoms with Gasteiger partial charge in [-0.1, -0.05) is 50.2 Å². The zero-order chi connectivity index (χ0) is 15.5. The number of hydrogen-bond acceptors (Lipinski definition) is 1. The van der Waals surface area contributed by atoms with Crippen molar-refractivity contribution in [3.8, 4) is 0 Å². The van der Waals surface area contributed by atoms with Crippen molar-refractivity contribution < 1.29 is 4.39 Å². The Kier molecular flexibility index (Phi) is 4.66. The highest BCUT2D eigenvalue weighted by molar-refractivity contribution is 5.47. The molecule has 112 valence electrons. The zero-order valence-electron chi connectivity index (χ0n) is 13.3. The fraction of sp³-hybridized carbons (Fsp3) is 0.368. The Labute approximate surface area is 127 Å². The quantitative estimate of drug-likeness (QED) is 0.785. The lowest BCUT2D eigenvalue weighted by molar-refractivity contribution is 0.449. The second-order valence-electron chi connectivity index (χ2n) is 6.48. The third-order valence-corrected chi connectivity index (χ3v) is 3.90. The molecule has 0 saturated carbocycles. The van der Waals surface area contributed by atoms with Gasteiger partial charge in [-0.15, -0.1) is 0 Å². The highest BCUT2D eigenvalue weighted by Gasteiger charge is 2.23. The van der Waals surface area contributed by atoms with E-state index in [1.807, 2.05) is 19.1 Å². The molecular weight excluding hydrogens is 261 g/mol. The van der Waals surface area contributed by atoms with Crippen LogP contribution in [0.4, 0.5) is 10.1 Å². The standard InChI is InChI=1S/C19H24FN/c1-14-10-11-17(20)18(12-14)21-15(2)13-19(3,4)16-8-6-5-7-9-16/h5-12,15,21H,13H2,1-4H3. The maximum Gasteiger partial charge on any atom is 0.146 e. The van der Waals surface area contributed by atoms with E-state index in [0.717, 1.165) is 12.0 Å². The first-order valence-electron chi connectivity index (χ1n) is 7.47. The van der Waals surface area contributed by atoms with Crippen LogP contribution in [0, 0.1) is 12.7 Å². The van der Waals surface area contributed by atoms with E-state index >= 15 is 0 Å². The number of hydrogen-bond donors (Lipinski definition) is 1. The Bertz CT molecular complexity index is 590. The molecule has 2 aromatic carbocycles. The SMILES string of the molecule is Cc1ccc(F)c(NC(C)CC(C)(C)c2ccccc2)c1. The third-order valence-electron chi connectivity index (χ3n) is 3.90. The molecule has 0 spiro atoms. The summed E-state index contributed by atoms with van der Waals surface area (Å²) in [5.41, 5.74) is 3.01. The van der Waals surface area contributed by atoms with Crippen molar-refractivity contribution in [2.75, 3.05) is 5.32 Å². The summed E-state index contributed by atoms with van der Waals surface area (Å²) in [7, 11) is 0. The number of halogens is 1. The fourth-order valence-electron chi connectivity index (χ4n) is 2.84. The van der Waals surface area contributed by atoms with E-state index in [0.29, 0.717) is 5.69 Å². The summed E-state index contributed by atoms with van der Waals surface area (Å²) >= 11 is 0. The highest BCUT2D eigenvalue weighted by Crippen LogP contribution is 2.29. The van der Waals surface area contributed by atoms with E-state index in [1.54, 1.807) is 6.07 Å². The van der Waals surface area contributed by atoms with Gasteiger partial charge in [-0.25, -0.2) is 4.39 Å². The third kappa shape index (κ3) is 4.07. The molecule has 0 amide bonds. The van der Waals surface area contributed by atoms with Crippen LogP contribution in [0.15, 0.2) is 48.5 Å². The van der Waals surface area contributed by atoms with Crippen molar-refractivity contribution in [1.29, 1.82) is 0 Å². The molecule has 1 N–H and O–H groups in total. The minimum absolute atomic E-state index is 0.0496. The van der Waals surface area contributed by atoms with Gasteiger partial charge in [0.05, 0.1) is 5.69 Å². The Morgan fingerprint density at radius 2 is 1.76 bits per heavy atom. The first-order valence-corrected chi connectivity index (χ1v) is 7.47. The lowest BCUT2D eigenvalue weighted by atomic mass is 9.79. The lowest BCUT2D eigenvalue weighted by Gasteiger charge is -2.29.